The van der Waals surface area contributed by atoms with Gasteiger partial charge in [-0.3, -0.25) is 4.57 Å². The minimum Gasteiger partial charge on any atom is -0.382 e. The lowest BCUT2D eigenvalue weighted by molar-refractivity contribution is -0.143. The highest BCUT2D eigenvalue weighted by Crippen LogP contribution is 2.40. The van der Waals surface area contributed by atoms with Crippen molar-refractivity contribution in [2.24, 2.45) is 0 Å². The molecule has 2 aromatic carbocycles. The Labute approximate surface area is 220 Å². The Morgan fingerprint density at radius 3 is 2.13 bits per heavy atom. The predicted octanol–water partition coefficient (Wildman–Crippen LogP) is 5.01. The van der Waals surface area contributed by atoms with Crippen LogP contribution in [0.3, 0.4) is 0 Å². The summed E-state index contributed by atoms with van der Waals surface area (Å²) in [5.74, 6) is 0. The van der Waals surface area contributed by atoms with E-state index < -0.39 is 46.4 Å². The molecule has 3 aromatic rings. The molecule has 212 valence electrons. The number of alkyl halides is 6. The third-order valence-corrected chi connectivity index (χ3v) is 7.23. The largest absolute Gasteiger partial charge is 0.416 e. The molecule has 0 spiro atoms. The summed E-state index contributed by atoms with van der Waals surface area (Å²) in [4.78, 5) is 12.4. The number of ether oxygens (including phenoxy) is 2. The molecule has 13 heteroatoms. The normalized spacial score (nSPS) is 23.1. The Bertz CT molecular complexity index is 1280. The standard InChI is InChI=1S/C26H28F6N4O3/c1-17(18-10-20(25(27,28)29)12-21(11-18)26(30,31)32)39-15-24(19-6-4-3-5-7-19)9-8-23(13-33-24,14-38-2)36-16-34-35-22(36)37/h3-7,10-12,16-17,33H,8-9,13-15H2,1-2H3,(H,35,37)/t17-,23-,24-/m1/s1. The SMILES string of the molecule is COC[C@@]1(n2cn[nH]c2=O)CC[C@@](CO[C@H](C)c2cc(C(F)(F)F)cc(C(F)(F)F)c2)(c2ccccc2)NC1. The number of H-pyrrole nitrogens is 1. The highest BCUT2D eigenvalue weighted by molar-refractivity contribution is 5.35. The molecule has 1 aromatic heterocycles. The maximum absolute atomic E-state index is 13.4. The second kappa shape index (κ2) is 10.8. The van der Waals surface area contributed by atoms with Crippen molar-refractivity contribution in [1.29, 1.82) is 0 Å². The first-order valence-electron chi connectivity index (χ1n) is 12.1. The number of aromatic nitrogens is 3. The zero-order chi connectivity index (χ0) is 28.5. The van der Waals surface area contributed by atoms with E-state index in [1.165, 1.54) is 24.9 Å². The van der Waals surface area contributed by atoms with Crippen LogP contribution in [0, 0.1) is 0 Å². The Balaban J connectivity index is 1.63. The molecule has 0 radical (unpaired) electrons. The summed E-state index contributed by atoms with van der Waals surface area (Å²) in [5, 5.41) is 9.65. The van der Waals surface area contributed by atoms with Crippen LogP contribution in [-0.4, -0.2) is 41.6 Å². The number of hydrogen-bond donors (Lipinski definition) is 2. The molecular weight excluding hydrogens is 530 g/mol. The number of methoxy groups -OCH3 is 1. The van der Waals surface area contributed by atoms with Crippen molar-refractivity contribution < 1.29 is 35.8 Å². The molecule has 2 heterocycles. The minimum atomic E-state index is -4.96. The van der Waals surface area contributed by atoms with Gasteiger partial charge in [0.05, 0.1) is 41.5 Å². The van der Waals surface area contributed by atoms with Crippen molar-refractivity contribution in [3.05, 3.63) is 87.6 Å². The molecule has 0 amide bonds. The van der Waals surface area contributed by atoms with Crippen LogP contribution in [0.15, 0.2) is 59.7 Å². The number of nitrogens with one attached hydrogen (secondary N) is 2. The first-order valence-corrected chi connectivity index (χ1v) is 12.1. The molecule has 7 nitrogen and oxygen atoms in total. The molecule has 1 aliphatic heterocycles. The second-order valence-electron chi connectivity index (χ2n) is 9.78. The van der Waals surface area contributed by atoms with Crippen molar-refractivity contribution in [2.45, 2.75) is 49.3 Å². The van der Waals surface area contributed by atoms with E-state index in [1.54, 1.807) is 0 Å². The van der Waals surface area contributed by atoms with Gasteiger partial charge >= 0.3 is 18.0 Å². The van der Waals surface area contributed by atoms with Crippen LogP contribution < -0.4 is 11.0 Å². The van der Waals surface area contributed by atoms with E-state index in [0.29, 0.717) is 25.0 Å². The van der Waals surface area contributed by atoms with E-state index in [9.17, 15) is 31.1 Å². The van der Waals surface area contributed by atoms with E-state index >= 15 is 0 Å². The Morgan fingerprint density at radius 1 is 1.00 bits per heavy atom. The topological polar surface area (TPSA) is 81.2 Å². The van der Waals surface area contributed by atoms with Crippen LogP contribution >= 0.6 is 0 Å². The monoisotopic (exact) mass is 558 g/mol. The van der Waals surface area contributed by atoms with Gasteiger partial charge in [-0.1, -0.05) is 30.3 Å². The molecule has 39 heavy (non-hydrogen) atoms. The van der Waals surface area contributed by atoms with Gasteiger partial charge in [-0.15, -0.1) is 0 Å². The van der Waals surface area contributed by atoms with Crippen molar-refractivity contribution in [1.82, 2.24) is 20.1 Å². The summed E-state index contributed by atoms with van der Waals surface area (Å²) >= 11 is 0. The number of hydrogen-bond acceptors (Lipinski definition) is 5. The number of benzene rings is 2. The van der Waals surface area contributed by atoms with Crippen molar-refractivity contribution in [2.75, 3.05) is 26.9 Å². The smallest absolute Gasteiger partial charge is 0.382 e. The maximum Gasteiger partial charge on any atom is 0.416 e. The van der Waals surface area contributed by atoms with Gasteiger partial charge in [0.1, 0.15) is 6.33 Å². The molecular formula is C26H28F6N4O3. The summed E-state index contributed by atoms with van der Waals surface area (Å²) in [5.41, 5.74) is -4.23. The first-order chi connectivity index (χ1) is 18.3. The average molecular weight is 559 g/mol. The van der Waals surface area contributed by atoms with Gasteiger partial charge in [-0.2, -0.15) is 31.4 Å². The Hall–Kier alpha value is -3.16. The molecule has 3 atom stereocenters. The van der Waals surface area contributed by atoms with Crippen LogP contribution in [-0.2, 0) is 32.9 Å². The highest BCUT2D eigenvalue weighted by atomic mass is 19.4. The zero-order valence-corrected chi connectivity index (χ0v) is 21.2. The highest BCUT2D eigenvalue weighted by Gasteiger charge is 2.46. The molecule has 1 saturated heterocycles. The van der Waals surface area contributed by atoms with Gasteiger partial charge in [0, 0.05) is 13.7 Å². The number of halogens is 6. The molecule has 1 aliphatic rings. The molecule has 0 bridgehead atoms. The molecule has 1 fully saturated rings. The number of rotatable bonds is 8. The number of aromatic amines is 1. The van der Waals surface area contributed by atoms with E-state index in [1.807, 2.05) is 30.3 Å². The lowest BCUT2D eigenvalue weighted by atomic mass is 9.76. The van der Waals surface area contributed by atoms with Crippen LogP contribution in [0.4, 0.5) is 26.3 Å². The zero-order valence-electron chi connectivity index (χ0n) is 21.2. The van der Waals surface area contributed by atoms with Crippen LogP contribution in [0.25, 0.3) is 0 Å². The van der Waals surface area contributed by atoms with Crippen molar-refractivity contribution >= 4 is 0 Å². The van der Waals surface area contributed by atoms with Gasteiger partial charge in [0.15, 0.2) is 0 Å². The summed E-state index contributed by atoms with van der Waals surface area (Å²) < 4.78 is 93.1. The summed E-state index contributed by atoms with van der Waals surface area (Å²) in [7, 11) is 1.51. The fourth-order valence-corrected chi connectivity index (χ4v) is 5.00. The van der Waals surface area contributed by atoms with Crippen LogP contribution in [0.5, 0.6) is 0 Å². The molecule has 2 N–H and O–H groups in total. The number of nitrogens with zero attached hydrogens (tertiary/aromatic N) is 2. The van der Waals surface area contributed by atoms with Gasteiger partial charge < -0.3 is 14.8 Å². The van der Waals surface area contributed by atoms with Gasteiger partial charge in [-0.05, 0) is 49.1 Å². The average Bonchev–Trinajstić information content (AvgIpc) is 3.34. The van der Waals surface area contributed by atoms with Gasteiger partial charge in [-0.25, -0.2) is 9.89 Å². The van der Waals surface area contributed by atoms with Crippen LogP contribution in [0.2, 0.25) is 0 Å². The lowest BCUT2D eigenvalue weighted by Crippen LogP contribution is -2.61. The van der Waals surface area contributed by atoms with E-state index in [-0.39, 0.29) is 31.4 Å². The van der Waals surface area contributed by atoms with Crippen molar-refractivity contribution in [3.63, 3.8) is 0 Å². The molecule has 0 aliphatic carbocycles. The van der Waals surface area contributed by atoms with Gasteiger partial charge in [0.2, 0.25) is 0 Å². The summed E-state index contributed by atoms with van der Waals surface area (Å²) in [6, 6.07) is 10.6. The predicted molar refractivity (Wildman–Crippen MR) is 129 cm³/mol. The fraction of sp³-hybridized carbons (Fsp3) is 0.462. The lowest BCUT2D eigenvalue weighted by Gasteiger charge is -2.47. The molecule has 4 rings (SSSR count). The fourth-order valence-electron chi connectivity index (χ4n) is 5.00. The van der Waals surface area contributed by atoms with E-state index in [0.717, 1.165) is 5.56 Å². The third kappa shape index (κ3) is 6.04. The van der Waals surface area contributed by atoms with Crippen molar-refractivity contribution in [3.8, 4) is 0 Å². The third-order valence-electron chi connectivity index (χ3n) is 7.23. The van der Waals surface area contributed by atoms with E-state index in [2.05, 4.69) is 15.5 Å². The van der Waals surface area contributed by atoms with Gasteiger partial charge in [0.25, 0.3) is 0 Å². The molecule has 0 unspecified atom stereocenters. The summed E-state index contributed by atoms with van der Waals surface area (Å²) in [6.45, 7) is 1.82. The molecule has 0 saturated carbocycles. The Kier molecular flexibility index (Phi) is 7.97. The summed E-state index contributed by atoms with van der Waals surface area (Å²) in [6.07, 6.45) is -8.74. The minimum absolute atomic E-state index is 0.0564. The Morgan fingerprint density at radius 2 is 1.64 bits per heavy atom. The maximum atomic E-state index is 13.4. The number of piperidine rings is 1. The van der Waals surface area contributed by atoms with E-state index in [4.69, 9.17) is 9.47 Å². The quantitative estimate of drug-likeness (QED) is 0.380. The first kappa shape index (κ1) is 28.8. The van der Waals surface area contributed by atoms with Crippen LogP contribution in [0.1, 0.15) is 48.1 Å². The second-order valence-corrected chi connectivity index (χ2v) is 9.78.